The molecule has 6 heteroatoms. The quantitative estimate of drug-likeness (QED) is 0.704. The minimum Gasteiger partial charge on any atom is -0.444 e. The van der Waals surface area contributed by atoms with E-state index in [1.54, 1.807) is 20.8 Å². The van der Waals surface area contributed by atoms with E-state index in [4.69, 9.17) is 4.74 Å². The molecular weight excluding hydrogens is 320 g/mol. The van der Waals surface area contributed by atoms with Gasteiger partial charge < -0.3 is 20.5 Å². The SMILES string of the molecule is CC(C)[C@H](NC(=O)OC(C)(C)C)C(=O)N[C@H](CO)Cc1ccccc1. The monoisotopic (exact) mass is 350 g/mol. The van der Waals surface area contributed by atoms with Crippen LogP contribution in [-0.2, 0) is 16.0 Å². The van der Waals surface area contributed by atoms with Gasteiger partial charge in [-0.1, -0.05) is 44.2 Å². The summed E-state index contributed by atoms with van der Waals surface area (Å²) in [7, 11) is 0. The van der Waals surface area contributed by atoms with Crippen molar-refractivity contribution in [3.63, 3.8) is 0 Å². The van der Waals surface area contributed by atoms with Crippen LogP contribution in [0.1, 0.15) is 40.2 Å². The van der Waals surface area contributed by atoms with E-state index < -0.39 is 23.8 Å². The van der Waals surface area contributed by atoms with Crippen molar-refractivity contribution < 1.29 is 19.4 Å². The number of rotatable bonds is 7. The second kappa shape index (κ2) is 9.42. The van der Waals surface area contributed by atoms with E-state index >= 15 is 0 Å². The van der Waals surface area contributed by atoms with E-state index in [2.05, 4.69) is 10.6 Å². The summed E-state index contributed by atoms with van der Waals surface area (Å²) in [5, 5.41) is 15.0. The van der Waals surface area contributed by atoms with E-state index in [1.807, 2.05) is 44.2 Å². The molecule has 0 aliphatic carbocycles. The van der Waals surface area contributed by atoms with Crippen LogP contribution >= 0.6 is 0 Å². The number of ether oxygens (including phenoxy) is 1. The molecule has 1 aromatic carbocycles. The molecule has 0 spiro atoms. The minimum atomic E-state index is -0.736. The van der Waals surface area contributed by atoms with Crippen LogP contribution in [0.25, 0.3) is 0 Å². The average molecular weight is 350 g/mol. The molecule has 0 bridgehead atoms. The Bertz CT molecular complexity index is 552. The number of carbonyl (C=O) groups excluding carboxylic acids is 2. The predicted octanol–water partition coefficient (Wildman–Crippen LogP) is 2.26. The lowest BCUT2D eigenvalue weighted by molar-refractivity contribution is -0.125. The van der Waals surface area contributed by atoms with Crippen molar-refractivity contribution in [1.82, 2.24) is 10.6 Å². The lowest BCUT2D eigenvalue weighted by atomic mass is 10.0. The van der Waals surface area contributed by atoms with Gasteiger partial charge in [0.05, 0.1) is 12.6 Å². The smallest absolute Gasteiger partial charge is 0.408 e. The zero-order chi connectivity index (χ0) is 19.0. The van der Waals surface area contributed by atoms with Crippen LogP contribution in [0, 0.1) is 5.92 Å². The molecule has 0 fully saturated rings. The Hall–Kier alpha value is -2.08. The second-order valence-electron chi connectivity index (χ2n) is 7.45. The molecule has 3 N–H and O–H groups in total. The zero-order valence-electron chi connectivity index (χ0n) is 15.7. The molecule has 0 saturated carbocycles. The van der Waals surface area contributed by atoms with Gasteiger partial charge in [0.25, 0.3) is 0 Å². The van der Waals surface area contributed by atoms with Gasteiger partial charge in [0, 0.05) is 0 Å². The van der Waals surface area contributed by atoms with Crippen molar-refractivity contribution in [3.05, 3.63) is 35.9 Å². The number of amides is 2. The van der Waals surface area contributed by atoms with Gasteiger partial charge in [-0.05, 0) is 38.7 Å². The van der Waals surface area contributed by atoms with E-state index in [0.717, 1.165) is 5.56 Å². The number of nitrogens with one attached hydrogen (secondary N) is 2. The van der Waals surface area contributed by atoms with Crippen LogP contribution in [0.5, 0.6) is 0 Å². The summed E-state index contributed by atoms with van der Waals surface area (Å²) in [5.41, 5.74) is 0.381. The summed E-state index contributed by atoms with van der Waals surface area (Å²) in [5.74, 6) is -0.459. The highest BCUT2D eigenvalue weighted by Gasteiger charge is 2.28. The molecule has 25 heavy (non-hydrogen) atoms. The first-order chi connectivity index (χ1) is 11.6. The van der Waals surface area contributed by atoms with E-state index in [9.17, 15) is 14.7 Å². The molecule has 0 radical (unpaired) electrons. The maximum absolute atomic E-state index is 12.6. The molecule has 0 saturated heterocycles. The standard InChI is InChI=1S/C19H30N2O4/c1-13(2)16(21-18(24)25-19(3,4)5)17(23)20-15(12-22)11-14-9-7-6-8-10-14/h6-10,13,15-16,22H,11-12H2,1-5H3,(H,20,23)(H,21,24)/t15-,16-/m0/s1. The number of alkyl carbamates (subject to hydrolysis) is 1. The molecule has 2 atom stereocenters. The predicted molar refractivity (Wildman–Crippen MR) is 97.2 cm³/mol. The fourth-order valence-corrected chi connectivity index (χ4v) is 2.32. The Labute approximate surface area is 150 Å². The molecule has 1 rings (SSSR count). The fourth-order valence-electron chi connectivity index (χ4n) is 2.32. The summed E-state index contributed by atoms with van der Waals surface area (Å²) in [6.07, 6.45) is -0.120. The second-order valence-corrected chi connectivity index (χ2v) is 7.45. The molecular formula is C19H30N2O4. The third kappa shape index (κ3) is 8.03. The van der Waals surface area contributed by atoms with Crippen LogP contribution in [0.2, 0.25) is 0 Å². The van der Waals surface area contributed by atoms with Gasteiger partial charge >= 0.3 is 6.09 Å². The first-order valence-electron chi connectivity index (χ1n) is 8.57. The van der Waals surface area contributed by atoms with Crippen LogP contribution in [0.4, 0.5) is 4.79 Å². The van der Waals surface area contributed by atoms with Crippen LogP contribution < -0.4 is 10.6 Å². The number of aliphatic hydroxyl groups is 1. The van der Waals surface area contributed by atoms with Crippen LogP contribution in [-0.4, -0.2) is 41.4 Å². The van der Waals surface area contributed by atoms with Gasteiger partial charge in [-0.3, -0.25) is 4.79 Å². The zero-order valence-corrected chi connectivity index (χ0v) is 15.7. The highest BCUT2D eigenvalue weighted by atomic mass is 16.6. The van der Waals surface area contributed by atoms with Crippen molar-refractivity contribution >= 4 is 12.0 Å². The summed E-state index contributed by atoms with van der Waals surface area (Å²) in [6.45, 7) is 8.79. The van der Waals surface area contributed by atoms with E-state index in [0.29, 0.717) is 6.42 Å². The molecule has 0 aliphatic heterocycles. The Morgan fingerprint density at radius 2 is 1.72 bits per heavy atom. The van der Waals surface area contributed by atoms with E-state index in [-0.39, 0.29) is 18.4 Å². The highest BCUT2D eigenvalue weighted by Crippen LogP contribution is 2.10. The lowest BCUT2D eigenvalue weighted by Gasteiger charge is -2.26. The number of hydrogen-bond acceptors (Lipinski definition) is 4. The summed E-state index contributed by atoms with van der Waals surface area (Å²) in [6, 6.07) is 8.45. The molecule has 0 aliphatic rings. The van der Waals surface area contributed by atoms with Crippen molar-refractivity contribution in [3.8, 4) is 0 Å². The number of aliphatic hydroxyl groups excluding tert-OH is 1. The number of carbonyl (C=O) groups is 2. The van der Waals surface area contributed by atoms with Gasteiger partial charge in [0.1, 0.15) is 11.6 Å². The van der Waals surface area contributed by atoms with Gasteiger partial charge in [-0.15, -0.1) is 0 Å². The molecule has 6 nitrogen and oxygen atoms in total. The highest BCUT2D eigenvalue weighted by molar-refractivity contribution is 5.86. The van der Waals surface area contributed by atoms with Crippen molar-refractivity contribution in [2.24, 2.45) is 5.92 Å². The molecule has 140 valence electrons. The van der Waals surface area contributed by atoms with Crippen molar-refractivity contribution in [2.45, 2.75) is 58.7 Å². The van der Waals surface area contributed by atoms with Crippen molar-refractivity contribution in [1.29, 1.82) is 0 Å². The topological polar surface area (TPSA) is 87.7 Å². The molecule has 1 aromatic rings. The fraction of sp³-hybridized carbons (Fsp3) is 0.579. The van der Waals surface area contributed by atoms with Gasteiger partial charge in [-0.2, -0.15) is 0 Å². The Morgan fingerprint density at radius 3 is 2.20 bits per heavy atom. The third-order valence-electron chi connectivity index (χ3n) is 3.51. The van der Waals surface area contributed by atoms with Gasteiger partial charge in [0.15, 0.2) is 0 Å². The normalized spacial score (nSPS) is 13.9. The Morgan fingerprint density at radius 1 is 1.12 bits per heavy atom. The van der Waals surface area contributed by atoms with Crippen LogP contribution in [0.3, 0.4) is 0 Å². The largest absolute Gasteiger partial charge is 0.444 e. The molecule has 0 unspecified atom stereocenters. The summed E-state index contributed by atoms with van der Waals surface area (Å²) in [4.78, 5) is 24.5. The Kier molecular flexibility index (Phi) is 7.90. The van der Waals surface area contributed by atoms with Crippen molar-refractivity contribution in [2.75, 3.05) is 6.61 Å². The first kappa shape index (κ1) is 21.0. The first-order valence-corrected chi connectivity index (χ1v) is 8.57. The average Bonchev–Trinajstić information content (AvgIpc) is 2.50. The van der Waals surface area contributed by atoms with E-state index in [1.165, 1.54) is 0 Å². The summed E-state index contributed by atoms with van der Waals surface area (Å²) < 4.78 is 5.22. The Balaban J connectivity index is 2.69. The molecule has 0 aromatic heterocycles. The third-order valence-corrected chi connectivity index (χ3v) is 3.51. The molecule has 0 heterocycles. The summed E-state index contributed by atoms with van der Waals surface area (Å²) >= 11 is 0. The minimum absolute atomic E-state index is 0.122. The number of benzene rings is 1. The maximum Gasteiger partial charge on any atom is 0.408 e. The van der Waals surface area contributed by atoms with Crippen LogP contribution in [0.15, 0.2) is 30.3 Å². The lowest BCUT2D eigenvalue weighted by Crippen LogP contribution is -2.54. The van der Waals surface area contributed by atoms with Gasteiger partial charge in [-0.25, -0.2) is 4.79 Å². The maximum atomic E-state index is 12.6. The molecule has 2 amide bonds. The number of hydrogen-bond donors (Lipinski definition) is 3. The van der Waals surface area contributed by atoms with Gasteiger partial charge in [0.2, 0.25) is 5.91 Å².